The second-order valence-electron chi connectivity index (χ2n) is 3.67. The molecule has 1 aromatic heterocycles. The van der Waals surface area contributed by atoms with Gasteiger partial charge in [-0.05, 0) is 25.1 Å². The number of ether oxygens (including phenoxy) is 1. The first-order valence-corrected chi connectivity index (χ1v) is 5.52. The normalized spacial score (nSPS) is 10.3. The van der Waals surface area contributed by atoms with Crippen LogP contribution in [0.4, 0.5) is 0 Å². The predicted octanol–water partition coefficient (Wildman–Crippen LogP) is 2.91. The molecule has 1 heterocycles. The third-order valence-electron chi connectivity index (χ3n) is 2.23. The molecule has 18 heavy (non-hydrogen) atoms. The van der Waals surface area contributed by atoms with Gasteiger partial charge in [0.25, 0.3) is 0 Å². The fourth-order valence-electron chi connectivity index (χ4n) is 1.38. The van der Waals surface area contributed by atoms with Crippen molar-refractivity contribution in [1.82, 2.24) is 5.16 Å². The van der Waals surface area contributed by atoms with Crippen LogP contribution in [0.2, 0.25) is 5.02 Å². The molecule has 0 amide bonds. The topological polar surface area (TPSA) is 72.6 Å². The van der Waals surface area contributed by atoms with Gasteiger partial charge in [0.2, 0.25) is 0 Å². The molecule has 0 saturated heterocycles. The van der Waals surface area contributed by atoms with Crippen LogP contribution in [-0.2, 0) is 6.61 Å². The molecular formula is C12H10ClNO4. The van der Waals surface area contributed by atoms with Crippen molar-refractivity contribution in [2.24, 2.45) is 0 Å². The lowest BCUT2D eigenvalue weighted by molar-refractivity contribution is 0.0697. The Bertz CT molecular complexity index is 579. The number of aryl methyl sites for hydroxylation is 1. The molecule has 0 atom stereocenters. The Kier molecular flexibility index (Phi) is 3.53. The summed E-state index contributed by atoms with van der Waals surface area (Å²) in [4.78, 5) is 10.7. The highest BCUT2D eigenvalue weighted by molar-refractivity contribution is 6.32. The van der Waals surface area contributed by atoms with Gasteiger partial charge in [0, 0.05) is 6.07 Å². The molecule has 0 aliphatic rings. The number of hydrogen-bond donors (Lipinski definition) is 1. The Labute approximate surface area is 108 Å². The molecular weight excluding hydrogens is 258 g/mol. The number of hydrogen-bond acceptors (Lipinski definition) is 4. The van der Waals surface area contributed by atoms with Crippen LogP contribution in [0.25, 0.3) is 0 Å². The van der Waals surface area contributed by atoms with Crippen molar-refractivity contribution in [3.8, 4) is 5.75 Å². The number of carboxylic acids is 1. The number of aromatic nitrogens is 1. The molecule has 2 aromatic rings. The summed E-state index contributed by atoms with van der Waals surface area (Å²) in [5, 5.41) is 12.8. The number of rotatable bonds is 4. The molecule has 0 unspecified atom stereocenters. The van der Waals surface area contributed by atoms with E-state index in [4.69, 9.17) is 26.0 Å². The molecule has 0 saturated carbocycles. The van der Waals surface area contributed by atoms with Crippen LogP contribution in [0.1, 0.15) is 21.8 Å². The number of benzene rings is 1. The molecule has 6 heteroatoms. The van der Waals surface area contributed by atoms with Gasteiger partial charge in [-0.3, -0.25) is 0 Å². The van der Waals surface area contributed by atoms with E-state index in [1.807, 2.05) is 6.92 Å². The zero-order valence-electron chi connectivity index (χ0n) is 9.51. The molecule has 0 aliphatic heterocycles. The molecule has 0 radical (unpaired) electrons. The van der Waals surface area contributed by atoms with Gasteiger partial charge in [0.05, 0.1) is 16.3 Å². The van der Waals surface area contributed by atoms with E-state index < -0.39 is 5.97 Å². The monoisotopic (exact) mass is 267 g/mol. The van der Waals surface area contributed by atoms with Crippen molar-refractivity contribution in [3.63, 3.8) is 0 Å². The first-order valence-electron chi connectivity index (χ1n) is 5.14. The molecule has 0 bridgehead atoms. The maximum Gasteiger partial charge on any atom is 0.335 e. The van der Waals surface area contributed by atoms with Gasteiger partial charge in [-0.15, -0.1) is 0 Å². The van der Waals surface area contributed by atoms with Crippen molar-refractivity contribution in [1.29, 1.82) is 0 Å². The second-order valence-corrected chi connectivity index (χ2v) is 4.08. The summed E-state index contributed by atoms with van der Waals surface area (Å²) in [7, 11) is 0. The maximum absolute atomic E-state index is 10.7. The fraction of sp³-hybridized carbons (Fsp3) is 0.167. The van der Waals surface area contributed by atoms with E-state index in [-0.39, 0.29) is 17.2 Å². The average Bonchev–Trinajstić information content (AvgIpc) is 2.73. The second kappa shape index (κ2) is 5.10. The standard InChI is InChI=1S/C12H10ClNO4/c1-7-4-9(18-14-7)6-17-11-3-2-8(12(15)16)5-10(11)13/h2-5H,6H2,1H3,(H,15,16). The van der Waals surface area contributed by atoms with Gasteiger partial charge in [-0.1, -0.05) is 16.8 Å². The largest absolute Gasteiger partial charge is 0.484 e. The molecule has 1 N–H and O–H groups in total. The summed E-state index contributed by atoms with van der Waals surface area (Å²) in [5.74, 6) is -0.0593. The van der Waals surface area contributed by atoms with Gasteiger partial charge in [0.1, 0.15) is 12.4 Å². The minimum absolute atomic E-state index is 0.114. The van der Waals surface area contributed by atoms with Crippen LogP contribution in [0.5, 0.6) is 5.75 Å². The fourth-order valence-corrected chi connectivity index (χ4v) is 1.62. The molecule has 1 aromatic carbocycles. The van der Waals surface area contributed by atoms with Crippen molar-refractivity contribution in [2.75, 3.05) is 0 Å². The molecule has 0 fully saturated rings. The summed E-state index contributed by atoms with van der Waals surface area (Å²) in [6.07, 6.45) is 0. The van der Waals surface area contributed by atoms with Crippen LogP contribution in [-0.4, -0.2) is 16.2 Å². The molecule has 0 spiro atoms. The zero-order chi connectivity index (χ0) is 13.1. The lowest BCUT2D eigenvalue weighted by Gasteiger charge is -2.06. The SMILES string of the molecule is Cc1cc(COc2ccc(C(=O)O)cc2Cl)on1. The molecule has 0 aliphatic carbocycles. The number of carbonyl (C=O) groups is 1. The summed E-state index contributed by atoms with van der Waals surface area (Å²) in [5.41, 5.74) is 0.879. The van der Waals surface area contributed by atoms with Gasteiger partial charge >= 0.3 is 5.97 Å². The Morgan fingerprint density at radius 3 is 2.83 bits per heavy atom. The third-order valence-corrected chi connectivity index (χ3v) is 2.52. The maximum atomic E-state index is 10.7. The van der Waals surface area contributed by atoms with E-state index in [1.165, 1.54) is 18.2 Å². The lowest BCUT2D eigenvalue weighted by atomic mass is 10.2. The van der Waals surface area contributed by atoms with Crippen LogP contribution in [0.3, 0.4) is 0 Å². The van der Waals surface area contributed by atoms with Crippen molar-refractivity contribution in [2.45, 2.75) is 13.5 Å². The predicted molar refractivity (Wildman–Crippen MR) is 64.0 cm³/mol. The lowest BCUT2D eigenvalue weighted by Crippen LogP contribution is -1.98. The van der Waals surface area contributed by atoms with Gasteiger partial charge in [0.15, 0.2) is 5.76 Å². The smallest absolute Gasteiger partial charge is 0.335 e. The Morgan fingerprint density at radius 2 is 2.28 bits per heavy atom. The third kappa shape index (κ3) is 2.81. The number of aromatic carboxylic acids is 1. The number of nitrogens with zero attached hydrogens (tertiary/aromatic N) is 1. The number of carboxylic acid groups (broad SMARTS) is 1. The van der Waals surface area contributed by atoms with Gasteiger partial charge in [-0.2, -0.15) is 0 Å². The summed E-state index contributed by atoms with van der Waals surface area (Å²) in [6.45, 7) is 1.99. The quantitative estimate of drug-likeness (QED) is 0.922. The van der Waals surface area contributed by atoms with Crippen LogP contribution >= 0.6 is 11.6 Å². The molecule has 5 nitrogen and oxygen atoms in total. The Balaban J connectivity index is 2.08. The summed E-state index contributed by atoms with van der Waals surface area (Å²) >= 11 is 5.91. The molecule has 94 valence electrons. The zero-order valence-corrected chi connectivity index (χ0v) is 10.3. The summed E-state index contributed by atoms with van der Waals surface area (Å²) in [6, 6.07) is 6.02. The van der Waals surface area contributed by atoms with Crippen molar-refractivity contribution >= 4 is 17.6 Å². The summed E-state index contributed by atoms with van der Waals surface area (Å²) < 4.78 is 10.4. The van der Waals surface area contributed by atoms with Gasteiger partial charge < -0.3 is 14.4 Å². The van der Waals surface area contributed by atoms with Crippen molar-refractivity contribution < 1.29 is 19.2 Å². The van der Waals surface area contributed by atoms with E-state index in [9.17, 15) is 4.79 Å². The minimum atomic E-state index is -1.03. The average molecular weight is 268 g/mol. The van der Waals surface area contributed by atoms with Gasteiger partial charge in [-0.25, -0.2) is 4.79 Å². The first kappa shape index (κ1) is 12.4. The van der Waals surface area contributed by atoms with E-state index >= 15 is 0 Å². The van der Waals surface area contributed by atoms with E-state index in [2.05, 4.69) is 5.16 Å². The molecule has 2 rings (SSSR count). The van der Waals surface area contributed by atoms with Crippen LogP contribution in [0.15, 0.2) is 28.8 Å². The highest BCUT2D eigenvalue weighted by atomic mass is 35.5. The van der Waals surface area contributed by atoms with Crippen LogP contribution < -0.4 is 4.74 Å². The van der Waals surface area contributed by atoms with E-state index in [0.29, 0.717) is 11.5 Å². The van der Waals surface area contributed by atoms with E-state index in [1.54, 1.807) is 6.07 Å². The highest BCUT2D eigenvalue weighted by Crippen LogP contribution is 2.26. The first-order chi connectivity index (χ1) is 8.56. The Morgan fingerprint density at radius 1 is 1.50 bits per heavy atom. The Hall–Kier alpha value is -2.01. The minimum Gasteiger partial charge on any atom is -0.484 e. The van der Waals surface area contributed by atoms with E-state index in [0.717, 1.165) is 5.69 Å². The number of halogens is 1. The van der Waals surface area contributed by atoms with Crippen molar-refractivity contribution in [3.05, 3.63) is 46.3 Å². The van der Waals surface area contributed by atoms with Crippen LogP contribution in [0, 0.1) is 6.92 Å². The highest BCUT2D eigenvalue weighted by Gasteiger charge is 2.09.